The van der Waals surface area contributed by atoms with Crippen molar-refractivity contribution in [1.29, 1.82) is 0 Å². The predicted molar refractivity (Wildman–Crippen MR) is 66.5 cm³/mol. The number of rotatable bonds is 1. The molecular formula is C11H19BrN2O2. The van der Waals surface area contributed by atoms with Crippen molar-refractivity contribution in [3.63, 3.8) is 0 Å². The molecule has 4 nitrogen and oxygen atoms in total. The van der Waals surface area contributed by atoms with Gasteiger partial charge in [-0.25, -0.2) is 0 Å². The quantitative estimate of drug-likeness (QED) is 0.682. The van der Waals surface area contributed by atoms with Gasteiger partial charge in [0.2, 0.25) is 11.8 Å². The Morgan fingerprint density at radius 1 is 1.06 bits per heavy atom. The molecular weight excluding hydrogens is 272 g/mol. The maximum atomic E-state index is 12.0. The van der Waals surface area contributed by atoms with E-state index in [0.29, 0.717) is 13.1 Å². The summed E-state index contributed by atoms with van der Waals surface area (Å²) in [6.45, 7) is 8.04. The lowest BCUT2D eigenvalue weighted by molar-refractivity contribution is -0.133. The van der Waals surface area contributed by atoms with Crippen LogP contribution in [0.15, 0.2) is 0 Å². The van der Waals surface area contributed by atoms with E-state index in [1.165, 1.54) is 0 Å². The van der Waals surface area contributed by atoms with Crippen LogP contribution in [0.25, 0.3) is 0 Å². The molecule has 1 heterocycles. The summed E-state index contributed by atoms with van der Waals surface area (Å²) in [5.74, 6) is 0.185. The van der Waals surface area contributed by atoms with Crippen molar-refractivity contribution in [2.24, 2.45) is 0 Å². The van der Waals surface area contributed by atoms with Crippen molar-refractivity contribution >= 4 is 27.7 Å². The Morgan fingerprint density at radius 2 is 1.56 bits per heavy atom. The van der Waals surface area contributed by atoms with Gasteiger partial charge in [0.1, 0.15) is 0 Å². The van der Waals surface area contributed by atoms with Crippen LogP contribution in [0.2, 0.25) is 0 Å². The number of carbonyl (C=O) groups is 2. The highest BCUT2D eigenvalue weighted by molar-refractivity contribution is 9.10. The van der Waals surface area contributed by atoms with Crippen molar-refractivity contribution in [1.82, 2.24) is 9.80 Å². The topological polar surface area (TPSA) is 40.6 Å². The van der Waals surface area contributed by atoms with E-state index in [1.54, 1.807) is 11.8 Å². The maximum absolute atomic E-state index is 12.0. The standard InChI is InChI=1S/C11H19BrN2O2/c1-9(15)13-5-4-6-14(8-7-13)10(16)11(2,3)12/h4-8H2,1-3H3. The fourth-order valence-corrected chi connectivity index (χ4v) is 2.06. The molecule has 0 saturated carbocycles. The molecule has 1 aliphatic heterocycles. The smallest absolute Gasteiger partial charge is 0.238 e. The first-order valence-corrected chi connectivity index (χ1v) is 6.35. The molecule has 0 atom stereocenters. The van der Waals surface area contributed by atoms with Gasteiger partial charge in [-0.05, 0) is 20.3 Å². The molecule has 2 amide bonds. The molecule has 0 aromatic heterocycles. The molecule has 1 aliphatic rings. The van der Waals surface area contributed by atoms with Crippen LogP contribution >= 0.6 is 15.9 Å². The van der Waals surface area contributed by atoms with E-state index in [2.05, 4.69) is 15.9 Å². The van der Waals surface area contributed by atoms with Gasteiger partial charge >= 0.3 is 0 Å². The molecule has 0 aliphatic carbocycles. The second-order valence-electron chi connectivity index (χ2n) is 4.62. The normalized spacial score (nSPS) is 18.2. The number of carbonyl (C=O) groups excluding carboxylic acids is 2. The van der Waals surface area contributed by atoms with E-state index in [4.69, 9.17) is 0 Å². The maximum Gasteiger partial charge on any atom is 0.238 e. The molecule has 0 radical (unpaired) electrons. The zero-order valence-electron chi connectivity index (χ0n) is 10.1. The average molecular weight is 291 g/mol. The summed E-state index contributed by atoms with van der Waals surface area (Å²) in [4.78, 5) is 26.9. The highest BCUT2D eigenvalue weighted by atomic mass is 79.9. The highest BCUT2D eigenvalue weighted by Crippen LogP contribution is 2.20. The molecule has 0 aromatic rings. The van der Waals surface area contributed by atoms with Crippen molar-refractivity contribution < 1.29 is 9.59 Å². The minimum absolute atomic E-state index is 0.0902. The fourth-order valence-electron chi connectivity index (χ4n) is 1.81. The molecule has 1 fully saturated rings. The first-order valence-electron chi connectivity index (χ1n) is 5.56. The van der Waals surface area contributed by atoms with Crippen LogP contribution < -0.4 is 0 Å². The number of hydrogen-bond donors (Lipinski definition) is 0. The van der Waals surface area contributed by atoms with Crippen LogP contribution in [0, 0.1) is 0 Å². The average Bonchev–Trinajstić information content (AvgIpc) is 2.39. The van der Waals surface area contributed by atoms with Crippen LogP contribution in [0.4, 0.5) is 0 Å². The van der Waals surface area contributed by atoms with E-state index in [9.17, 15) is 9.59 Å². The Hall–Kier alpha value is -0.580. The lowest BCUT2D eigenvalue weighted by Gasteiger charge is -2.27. The third kappa shape index (κ3) is 3.47. The SMILES string of the molecule is CC(=O)N1CCCN(C(=O)C(C)(C)Br)CC1. The minimum atomic E-state index is -0.515. The molecule has 5 heteroatoms. The van der Waals surface area contributed by atoms with Gasteiger partial charge in [0.05, 0.1) is 4.32 Å². The number of amides is 2. The van der Waals surface area contributed by atoms with Crippen molar-refractivity contribution in [3.8, 4) is 0 Å². The van der Waals surface area contributed by atoms with Crippen LogP contribution in [-0.4, -0.2) is 52.1 Å². The van der Waals surface area contributed by atoms with Crippen molar-refractivity contribution in [2.45, 2.75) is 31.5 Å². The van der Waals surface area contributed by atoms with Gasteiger partial charge in [-0.15, -0.1) is 0 Å². The van der Waals surface area contributed by atoms with Gasteiger partial charge < -0.3 is 9.80 Å². The lowest BCUT2D eigenvalue weighted by Crippen LogP contribution is -2.43. The monoisotopic (exact) mass is 290 g/mol. The molecule has 0 bridgehead atoms. The fraction of sp³-hybridized carbons (Fsp3) is 0.818. The zero-order chi connectivity index (χ0) is 12.3. The second-order valence-corrected chi connectivity index (χ2v) is 6.61. The summed E-state index contributed by atoms with van der Waals surface area (Å²) < 4.78 is -0.515. The van der Waals surface area contributed by atoms with Gasteiger partial charge in [-0.1, -0.05) is 15.9 Å². The molecule has 0 spiro atoms. The third-order valence-electron chi connectivity index (χ3n) is 2.74. The van der Waals surface area contributed by atoms with E-state index < -0.39 is 4.32 Å². The largest absolute Gasteiger partial charge is 0.341 e. The summed E-state index contributed by atoms with van der Waals surface area (Å²) in [7, 11) is 0. The van der Waals surface area contributed by atoms with Crippen molar-refractivity contribution in [2.75, 3.05) is 26.2 Å². The van der Waals surface area contributed by atoms with E-state index in [0.717, 1.165) is 19.5 Å². The molecule has 0 N–H and O–H groups in total. The molecule has 0 aromatic carbocycles. The lowest BCUT2D eigenvalue weighted by atomic mass is 10.2. The highest BCUT2D eigenvalue weighted by Gasteiger charge is 2.30. The van der Waals surface area contributed by atoms with E-state index >= 15 is 0 Å². The van der Waals surface area contributed by atoms with Gasteiger partial charge in [0.25, 0.3) is 0 Å². The predicted octanol–water partition coefficient (Wildman–Crippen LogP) is 1.24. The summed E-state index contributed by atoms with van der Waals surface area (Å²) in [6.07, 6.45) is 0.856. The summed E-state index contributed by atoms with van der Waals surface area (Å²) in [5.41, 5.74) is 0. The molecule has 92 valence electrons. The Morgan fingerprint density at radius 3 is 2.06 bits per heavy atom. The second kappa shape index (κ2) is 5.17. The van der Waals surface area contributed by atoms with Crippen molar-refractivity contribution in [3.05, 3.63) is 0 Å². The van der Waals surface area contributed by atoms with Crippen LogP contribution in [-0.2, 0) is 9.59 Å². The number of hydrogen-bond acceptors (Lipinski definition) is 2. The Kier molecular flexibility index (Phi) is 4.35. The summed E-state index contributed by atoms with van der Waals surface area (Å²) in [5, 5.41) is 0. The van der Waals surface area contributed by atoms with E-state index in [-0.39, 0.29) is 11.8 Å². The van der Waals surface area contributed by atoms with E-state index in [1.807, 2.05) is 18.7 Å². The number of nitrogens with zero attached hydrogens (tertiary/aromatic N) is 2. The third-order valence-corrected chi connectivity index (χ3v) is 3.08. The summed E-state index contributed by atoms with van der Waals surface area (Å²) >= 11 is 3.38. The molecule has 16 heavy (non-hydrogen) atoms. The minimum Gasteiger partial charge on any atom is -0.341 e. The first-order chi connectivity index (χ1) is 7.32. The van der Waals surface area contributed by atoms with Crippen LogP contribution in [0.1, 0.15) is 27.2 Å². The first kappa shape index (κ1) is 13.5. The Balaban J connectivity index is 2.60. The van der Waals surface area contributed by atoms with Gasteiger partial charge in [-0.2, -0.15) is 0 Å². The molecule has 1 rings (SSSR count). The van der Waals surface area contributed by atoms with Gasteiger partial charge in [0, 0.05) is 33.1 Å². The van der Waals surface area contributed by atoms with Gasteiger partial charge in [0.15, 0.2) is 0 Å². The number of halogens is 1. The Labute approximate surface area is 105 Å². The van der Waals surface area contributed by atoms with Gasteiger partial charge in [-0.3, -0.25) is 9.59 Å². The zero-order valence-corrected chi connectivity index (χ0v) is 11.7. The number of alkyl halides is 1. The molecule has 0 unspecified atom stereocenters. The van der Waals surface area contributed by atoms with Crippen LogP contribution in [0.5, 0.6) is 0 Å². The summed E-state index contributed by atoms with van der Waals surface area (Å²) in [6, 6.07) is 0. The van der Waals surface area contributed by atoms with Crippen LogP contribution in [0.3, 0.4) is 0 Å². The Bertz CT molecular complexity index is 286. The molecule has 1 saturated heterocycles.